The Labute approximate surface area is 150 Å². The zero-order valence-corrected chi connectivity index (χ0v) is 14.2. The van der Waals surface area contributed by atoms with Gasteiger partial charge in [-0.15, -0.1) is 0 Å². The van der Waals surface area contributed by atoms with Gasteiger partial charge >= 0.3 is 0 Å². The lowest BCUT2D eigenvalue weighted by atomic mass is 10.2. The predicted octanol–water partition coefficient (Wildman–Crippen LogP) is 3.79. The number of halogens is 1. The maximum atomic E-state index is 12.9. The lowest BCUT2D eigenvalue weighted by Crippen LogP contribution is -2.07. The van der Waals surface area contributed by atoms with Crippen LogP contribution < -0.4 is 10.1 Å². The molecule has 6 heteroatoms. The van der Waals surface area contributed by atoms with Crippen LogP contribution in [0.4, 0.5) is 10.1 Å². The summed E-state index contributed by atoms with van der Waals surface area (Å²) in [6.07, 6.45) is 6.63. The molecule has 0 radical (unpaired) electrons. The number of anilines is 1. The van der Waals surface area contributed by atoms with E-state index in [0.29, 0.717) is 18.0 Å². The van der Waals surface area contributed by atoms with Crippen LogP contribution in [0.15, 0.2) is 67.0 Å². The zero-order chi connectivity index (χ0) is 18.4. The molecule has 0 unspecified atom stereocenters. The maximum absolute atomic E-state index is 12.9. The molecule has 0 saturated carbocycles. The minimum atomic E-state index is -0.280. The SMILES string of the molecule is Cn1cc(C=CC(=O)Nc2cccc(OCc3ccc(F)cc3)c2)cn1. The summed E-state index contributed by atoms with van der Waals surface area (Å²) < 4.78 is 20.3. The van der Waals surface area contributed by atoms with Crippen molar-refractivity contribution < 1.29 is 13.9 Å². The first kappa shape index (κ1) is 17.4. The minimum absolute atomic E-state index is 0.246. The summed E-state index contributed by atoms with van der Waals surface area (Å²) in [6.45, 7) is 0.318. The van der Waals surface area contributed by atoms with Crippen molar-refractivity contribution in [3.8, 4) is 5.75 Å². The van der Waals surface area contributed by atoms with E-state index in [-0.39, 0.29) is 11.7 Å². The molecule has 0 aliphatic rings. The summed E-state index contributed by atoms with van der Waals surface area (Å²) in [5, 5.41) is 6.82. The molecule has 0 saturated heterocycles. The number of carbonyl (C=O) groups excluding carboxylic acids is 1. The second-order valence-corrected chi connectivity index (χ2v) is 5.71. The first-order valence-corrected chi connectivity index (χ1v) is 8.03. The van der Waals surface area contributed by atoms with Crippen LogP contribution in [-0.2, 0) is 18.4 Å². The largest absolute Gasteiger partial charge is 0.489 e. The Bertz CT molecular complexity index is 917. The van der Waals surface area contributed by atoms with Gasteiger partial charge in [0.05, 0.1) is 6.20 Å². The third-order valence-corrected chi connectivity index (χ3v) is 3.57. The second-order valence-electron chi connectivity index (χ2n) is 5.71. The Morgan fingerprint density at radius 2 is 2.08 bits per heavy atom. The van der Waals surface area contributed by atoms with Crippen LogP contribution in [-0.4, -0.2) is 15.7 Å². The number of aryl methyl sites for hydroxylation is 1. The van der Waals surface area contributed by atoms with Crippen LogP contribution in [0.2, 0.25) is 0 Å². The summed E-state index contributed by atoms with van der Waals surface area (Å²) in [5.74, 6) is 0.0886. The van der Waals surface area contributed by atoms with Gasteiger partial charge < -0.3 is 10.1 Å². The zero-order valence-electron chi connectivity index (χ0n) is 14.2. The number of hydrogen-bond donors (Lipinski definition) is 1. The van der Waals surface area contributed by atoms with Crippen molar-refractivity contribution in [1.82, 2.24) is 9.78 Å². The van der Waals surface area contributed by atoms with Crippen LogP contribution in [0.5, 0.6) is 5.75 Å². The van der Waals surface area contributed by atoms with E-state index in [1.165, 1.54) is 18.2 Å². The molecule has 0 aliphatic heterocycles. The lowest BCUT2D eigenvalue weighted by Gasteiger charge is -2.08. The van der Waals surface area contributed by atoms with E-state index in [1.807, 2.05) is 13.2 Å². The second kappa shape index (κ2) is 8.11. The highest BCUT2D eigenvalue weighted by molar-refractivity contribution is 6.01. The van der Waals surface area contributed by atoms with E-state index in [1.54, 1.807) is 53.4 Å². The average Bonchev–Trinajstić information content (AvgIpc) is 3.05. The first-order valence-electron chi connectivity index (χ1n) is 8.03. The monoisotopic (exact) mass is 351 g/mol. The number of rotatable bonds is 6. The van der Waals surface area contributed by atoms with Gasteiger partial charge in [0, 0.05) is 36.6 Å². The first-order chi connectivity index (χ1) is 12.6. The van der Waals surface area contributed by atoms with E-state index >= 15 is 0 Å². The number of nitrogens with one attached hydrogen (secondary N) is 1. The minimum Gasteiger partial charge on any atom is -0.489 e. The molecule has 3 rings (SSSR count). The predicted molar refractivity (Wildman–Crippen MR) is 98.0 cm³/mol. The molecule has 0 spiro atoms. The number of carbonyl (C=O) groups is 1. The van der Waals surface area contributed by atoms with Crippen molar-refractivity contribution in [1.29, 1.82) is 0 Å². The summed E-state index contributed by atoms with van der Waals surface area (Å²) in [4.78, 5) is 12.0. The van der Waals surface area contributed by atoms with Crippen LogP contribution in [0.1, 0.15) is 11.1 Å². The molecule has 2 aromatic carbocycles. The normalized spacial score (nSPS) is 10.8. The van der Waals surface area contributed by atoms with E-state index in [9.17, 15) is 9.18 Å². The molecule has 3 aromatic rings. The van der Waals surface area contributed by atoms with Crippen molar-refractivity contribution in [2.45, 2.75) is 6.61 Å². The summed E-state index contributed by atoms with van der Waals surface area (Å²) in [6, 6.07) is 13.2. The van der Waals surface area contributed by atoms with E-state index in [4.69, 9.17) is 4.74 Å². The molecule has 0 aliphatic carbocycles. The fraction of sp³-hybridized carbons (Fsp3) is 0.100. The van der Waals surface area contributed by atoms with Gasteiger partial charge in [0.1, 0.15) is 18.2 Å². The van der Waals surface area contributed by atoms with Crippen molar-refractivity contribution in [2.75, 3.05) is 5.32 Å². The third-order valence-electron chi connectivity index (χ3n) is 3.57. The van der Waals surface area contributed by atoms with E-state index in [0.717, 1.165) is 11.1 Å². The molecule has 0 bridgehead atoms. The summed E-state index contributed by atoms with van der Waals surface area (Å²) >= 11 is 0. The Morgan fingerprint density at radius 1 is 1.27 bits per heavy atom. The van der Waals surface area contributed by atoms with Gasteiger partial charge in [-0.05, 0) is 35.9 Å². The number of hydrogen-bond acceptors (Lipinski definition) is 3. The summed E-state index contributed by atoms with van der Waals surface area (Å²) in [5.41, 5.74) is 2.33. The quantitative estimate of drug-likeness (QED) is 0.688. The third kappa shape index (κ3) is 5.04. The van der Waals surface area contributed by atoms with Crippen molar-refractivity contribution >= 4 is 17.7 Å². The van der Waals surface area contributed by atoms with Crippen LogP contribution >= 0.6 is 0 Å². The Hall–Kier alpha value is -3.41. The van der Waals surface area contributed by atoms with Gasteiger partial charge in [-0.1, -0.05) is 18.2 Å². The number of aromatic nitrogens is 2. The molecule has 0 fully saturated rings. The standard InChI is InChI=1S/C20H18FN3O2/c1-24-13-16(12-22-24)7-10-20(25)23-18-3-2-4-19(11-18)26-14-15-5-8-17(21)9-6-15/h2-13H,14H2,1H3,(H,23,25). The Morgan fingerprint density at radius 3 is 2.81 bits per heavy atom. The van der Waals surface area contributed by atoms with Crippen LogP contribution in [0.25, 0.3) is 6.08 Å². The molecule has 1 aromatic heterocycles. The number of nitrogens with zero attached hydrogens (tertiary/aromatic N) is 2. The fourth-order valence-electron chi connectivity index (χ4n) is 2.29. The van der Waals surface area contributed by atoms with Gasteiger partial charge in [0.25, 0.3) is 0 Å². The molecule has 1 heterocycles. The molecule has 1 N–H and O–H groups in total. The van der Waals surface area contributed by atoms with Gasteiger partial charge in [0.15, 0.2) is 0 Å². The molecular formula is C20H18FN3O2. The smallest absolute Gasteiger partial charge is 0.248 e. The molecule has 5 nitrogen and oxygen atoms in total. The molecular weight excluding hydrogens is 333 g/mol. The van der Waals surface area contributed by atoms with Gasteiger partial charge in [0.2, 0.25) is 5.91 Å². The van der Waals surface area contributed by atoms with Crippen LogP contribution in [0, 0.1) is 5.82 Å². The molecule has 132 valence electrons. The average molecular weight is 351 g/mol. The van der Waals surface area contributed by atoms with E-state index in [2.05, 4.69) is 10.4 Å². The number of ether oxygens (including phenoxy) is 1. The van der Waals surface area contributed by atoms with Crippen LogP contribution in [0.3, 0.4) is 0 Å². The van der Waals surface area contributed by atoms with Gasteiger partial charge in [-0.3, -0.25) is 9.48 Å². The Kier molecular flexibility index (Phi) is 5.43. The molecule has 1 amide bonds. The number of benzene rings is 2. The van der Waals surface area contributed by atoms with E-state index < -0.39 is 0 Å². The van der Waals surface area contributed by atoms with Crippen molar-refractivity contribution in [2.24, 2.45) is 7.05 Å². The van der Waals surface area contributed by atoms with Gasteiger partial charge in [-0.25, -0.2) is 4.39 Å². The highest BCUT2D eigenvalue weighted by Crippen LogP contribution is 2.19. The molecule has 26 heavy (non-hydrogen) atoms. The number of amides is 1. The summed E-state index contributed by atoms with van der Waals surface area (Å²) in [7, 11) is 1.81. The van der Waals surface area contributed by atoms with Crippen molar-refractivity contribution in [3.05, 3.63) is 83.9 Å². The topological polar surface area (TPSA) is 56.2 Å². The van der Waals surface area contributed by atoms with Crippen molar-refractivity contribution in [3.63, 3.8) is 0 Å². The molecule has 0 atom stereocenters. The highest BCUT2D eigenvalue weighted by Gasteiger charge is 2.02. The lowest BCUT2D eigenvalue weighted by molar-refractivity contribution is -0.111. The fourth-order valence-corrected chi connectivity index (χ4v) is 2.29. The maximum Gasteiger partial charge on any atom is 0.248 e. The Balaban J connectivity index is 1.57. The van der Waals surface area contributed by atoms with Gasteiger partial charge in [-0.2, -0.15) is 5.10 Å². The highest BCUT2D eigenvalue weighted by atomic mass is 19.1.